The zero-order valence-electron chi connectivity index (χ0n) is 19.7. The summed E-state index contributed by atoms with van der Waals surface area (Å²) in [6.45, 7) is 0.738. The number of carboxylic acids is 1. The van der Waals surface area contributed by atoms with Crippen molar-refractivity contribution in [3.8, 4) is 28.4 Å². The molecule has 0 fully saturated rings. The van der Waals surface area contributed by atoms with Crippen LogP contribution in [0.1, 0.15) is 21.6 Å². The average molecular weight is 512 g/mol. The fourth-order valence-corrected chi connectivity index (χ4v) is 4.96. The van der Waals surface area contributed by atoms with Crippen LogP contribution in [0.3, 0.4) is 0 Å². The molecular formula is C30H22ClNO5. The predicted octanol–water partition coefficient (Wildman–Crippen LogP) is 7.02. The van der Waals surface area contributed by atoms with Crippen molar-refractivity contribution >= 4 is 28.5 Å². The second kappa shape index (κ2) is 9.56. The second-order valence-corrected chi connectivity index (χ2v) is 9.11. The summed E-state index contributed by atoms with van der Waals surface area (Å²) < 4.78 is 18.9. The van der Waals surface area contributed by atoms with Crippen molar-refractivity contribution in [3.63, 3.8) is 0 Å². The van der Waals surface area contributed by atoms with Gasteiger partial charge in [-0.15, -0.1) is 0 Å². The minimum atomic E-state index is -1.04. The van der Waals surface area contributed by atoms with E-state index in [2.05, 4.69) is 0 Å². The number of rotatable bonds is 7. The lowest BCUT2D eigenvalue weighted by Crippen LogP contribution is -2.11. The standard InChI is InChI=1S/C30H22ClNO5/c31-23-15-27-26(36-18-37-27)14-20(23)16-32-24-12-6-4-10-21(24)28(29(32)30(33)34)22-11-5-7-13-25(22)35-17-19-8-2-1-3-9-19/h1-15H,16-18H2,(H,33,34). The van der Waals surface area contributed by atoms with E-state index in [1.165, 1.54) is 0 Å². The number of aromatic nitrogens is 1. The monoisotopic (exact) mass is 511 g/mol. The van der Waals surface area contributed by atoms with Gasteiger partial charge in [-0.05, 0) is 29.3 Å². The molecule has 37 heavy (non-hydrogen) atoms. The average Bonchev–Trinajstić information content (AvgIpc) is 3.50. The van der Waals surface area contributed by atoms with Crippen LogP contribution in [-0.4, -0.2) is 22.4 Å². The van der Waals surface area contributed by atoms with Crippen LogP contribution in [0.5, 0.6) is 17.2 Å². The Labute approximate surface area is 218 Å². The Bertz CT molecular complexity index is 1630. The highest BCUT2D eigenvalue weighted by molar-refractivity contribution is 6.31. The number of aromatic carboxylic acids is 1. The molecule has 0 unspecified atom stereocenters. The van der Waals surface area contributed by atoms with Crippen molar-refractivity contribution in [2.24, 2.45) is 0 Å². The highest BCUT2D eigenvalue weighted by Crippen LogP contribution is 2.42. The van der Waals surface area contributed by atoms with Gasteiger partial charge in [0, 0.05) is 33.1 Å². The van der Waals surface area contributed by atoms with Gasteiger partial charge in [-0.3, -0.25) is 0 Å². The Morgan fingerprint density at radius 3 is 2.43 bits per heavy atom. The van der Waals surface area contributed by atoms with Crippen molar-refractivity contribution in [1.29, 1.82) is 0 Å². The molecule has 0 atom stereocenters. The van der Waals surface area contributed by atoms with E-state index in [1.807, 2.05) is 84.9 Å². The van der Waals surface area contributed by atoms with Crippen LogP contribution < -0.4 is 14.2 Å². The molecule has 0 bridgehead atoms. The molecule has 6 nitrogen and oxygen atoms in total. The summed E-state index contributed by atoms with van der Waals surface area (Å²) in [6, 6.07) is 28.6. The fourth-order valence-electron chi connectivity index (χ4n) is 4.75. The summed E-state index contributed by atoms with van der Waals surface area (Å²) in [5.74, 6) is 0.737. The van der Waals surface area contributed by atoms with Crippen LogP contribution in [0.2, 0.25) is 5.02 Å². The summed E-state index contributed by atoms with van der Waals surface area (Å²) in [5.41, 5.74) is 4.00. The Kier molecular flexibility index (Phi) is 5.94. The maximum absolute atomic E-state index is 12.8. The summed E-state index contributed by atoms with van der Waals surface area (Å²) >= 11 is 6.57. The van der Waals surface area contributed by atoms with Gasteiger partial charge in [-0.2, -0.15) is 0 Å². The summed E-state index contributed by atoms with van der Waals surface area (Å²) in [6.07, 6.45) is 0. The normalized spacial score (nSPS) is 12.1. The third kappa shape index (κ3) is 4.26. The van der Waals surface area contributed by atoms with Crippen molar-refractivity contribution in [2.75, 3.05) is 6.79 Å². The molecule has 2 heterocycles. The first-order valence-corrected chi connectivity index (χ1v) is 12.2. The SMILES string of the molecule is O=C(O)c1c(-c2ccccc2OCc2ccccc2)c2ccccc2n1Cc1cc2c(cc1Cl)OCO2. The topological polar surface area (TPSA) is 69.9 Å². The number of nitrogens with zero attached hydrogens (tertiary/aromatic N) is 1. The molecular weight excluding hydrogens is 490 g/mol. The van der Waals surface area contributed by atoms with E-state index < -0.39 is 5.97 Å². The molecule has 1 N–H and O–H groups in total. The molecule has 0 amide bonds. The predicted molar refractivity (Wildman–Crippen MR) is 142 cm³/mol. The smallest absolute Gasteiger partial charge is 0.353 e. The first-order chi connectivity index (χ1) is 18.1. The fraction of sp³-hybridized carbons (Fsp3) is 0.100. The van der Waals surface area contributed by atoms with Gasteiger partial charge in [0.2, 0.25) is 6.79 Å². The number of hydrogen-bond acceptors (Lipinski definition) is 4. The first kappa shape index (κ1) is 23.0. The van der Waals surface area contributed by atoms with Crippen molar-refractivity contribution in [2.45, 2.75) is 13.2 Å². The molecule has 0 saturated heterocycles. The molecule has 1 aliphatic heterocycles. The van der Waals surface area contributed by atoms with Gasteiger partial charge in [0.25, 0.3) is 0 Å². The molecule has 7 heteroatoms. The lowest BCUT2D eigenvalue weighted by molar-refractivity contribution is 0.0687. The lowest BCUT2D eigenvalue weighted by Gasteiger charge is -2.14. The summed E-state index contributed by atoms with van der Waals surface area (Å²) in [4.78, 5) is 12.8. The molecule has 1 aliphatic rings. The molecule has 4 aromatic carbocycles. The van der Waals surface area contributed by atoms with Crippen LogP contribution in [0.4, 0.5) is 0 Å². The largest absolute Gasteiger partial charge is 0.488 e. The molecule has 0 saturated carbocycles. The van der Waals surface area contributed by atoms with Crippen LogP contribution in [-0.2, 0) is 13.2 Å². The highest BCUT2D eigenvalue weighted by Gasteiger charge is 2.26. The Balaban J connectivity index is 1.49. The van der Waals surface area contributed by atoms with Gasteiger partial charge < -0.3 is 23.9 Å². The molecule has 0 aliphatic carbocycles. The Hall–Kier alpha value is -4.42. The van der Waals surface area contributed by atoms with E-state index in [-0.39, 0.29) is 19.0 Å². The van der Waals surface area contributed by atoms with E-state index in [1.54, 1.807) is 10.6 Å². The minimum absolute atomic E-state index is 0.131. The third-order valence-corrected chi connectivity index (χ3v) is 6.79. The number of hydrogen-bond donors (Lipinski definition) is 1. The van der Waals surface area contributed by atoms with Crippen molar-refractivity contribution in [1.82, 2.24) is 4.57 Å². The van der Waals surface area contributed by atoms with Crippen molar-refractivity contribution < 1.29 is 24.1 Å². The van der Waals surface area contributed by atoms with Gasteiger partial charge in [0.05, 0.1) is 6.54 Å². The highest BCUT2D eigenvalue weighted by atomic mass is 35.5. The van der Waals surface area contributed by atoms with Gasteiger partial charge in [0.15, 0.2) is 11.5 Å². The maximum atomic E-state index is 12.8. The Morgan fingerprint density at radius 2 is 1.62 bits per heavy atom. The number of carbonyl (C=O) groups is 1. The minimum Gasteiger partial charge on any atom is -0.488 e. The zero-order chi connectivity index (χ0) is 25.4. The van der Waals surface area contributed by atoms with Gasteiger partial charge in [-0.25, -0.2) is 4.79 Å². The van der Waals surface area contributed by atoms with E-state index >= 15 is 0 Å². The number of halogens is 1. The summed E-state index contributed by atoms with van der Waals surface area (Å²) in [7, 11) is 0. The second-order valence-electron chi connectivity index (χ2n) is 8.70. The first-order valence-electron chi connectivity index (χ1n) is 11.8. The van der Waals surface area contributed by atoms with Crippen molar-refractivity contribution in [3.05, 3.63) is 113 Å². The molecule has 6 rings (SSSR count). The zero-order valence-corrected chi connectivity index (χ0v) is 20.4. The Morgan fingerprint density at radius 1 is 0.919 bits per heavy atom. The van der Waals surface area contributed by atoms with Crippen LogP contribution in [0.25, 0.3) is 22.0 Å². The van der Waals surface area contributed by atoms with Crippen LogP contribution in [0.15, 0.2) is 91.0 Å². The number of para-hydroxylation sites is 2. The maximum Gasteiger partial charge on any atom is 0.353 e. The van der Waals surface area contributed by atoms with Crippen LogP contribution in [0, 0.1) is 0 Å². The number of ether oxygens (including phenoxy) is 3. The van der Waals surface area contributed by atoms with E-state index in [0.717, 1.165) is 22.0 Å². The van der Waals surface area contributed by atoms with Gasteiger partial charge in [-0.1, -0.05) is 78.3 Å². The summed E-state index contributed by atoms with van der Waals surface area (Å²) in [5, 5.41) is 11.8. The van der Waals surface area contributed by atoms with E-state index in [9.17, 15) is 9.90 Å². The van der Waals surface area contributed by atoms with Gasteiger partial charge >= 0.3 is 5.97 Å². The van der Waals surface area contributed by atoms with E-state index in [4.69, 9.17) is 25.8 Å². The van der Waals surface area contributed by atoms with Crippen LogP contribution >= 0.6 is 11.6 Å². The lowest BCUT2D eigenvalue weighted by atomic mass is 10.0. The molecule has 184 valence electrons. The molecule has 5 aromatic rings. The third-order valence-electron chi connectivity index (χ3n) is 6.44. The number of fused-ring (bicyclic) bond motifs is 2. The number of benzene rings is 4. The number of carboxylic acid groups (broad SMARTS) is 1. The quantitative estimate of drug-likeness (QED) is 0.254. The van der Waals surface area contributed by atoms with Gasteiger partial charge in [0.1, 0.15) is 18.1 Å². The molecule has 0 spiro atoms. The molecule has 1 aromatic heterocycles. The molecule has 0 radical (unpaired) electrons. The van der Waals surface area contributed by atoms with E-state index in [0.29, 0.717) is 40.0 Å².